The van der Waals surface area contributed by atoms with Gasteiger partial charge >= 0.3 is 5.97 Å². The van der Waals surface area contributed by atoms with Crippen molar-refractivity contribution in [3.05, 3.63) is 81.5 Å². The molecule has 0 bridgehead atoms. The van der Waals surface area contributed by atoms with Crippen LogP contribution in [0.4, 0.5) is 5.95 Å². The predicted octanol–water partition coefficient (Wildman–Crippen LogP) is 5.38. The molecule has 160 valence electrons. The molecule has 1 aliphatic rings. The Hall–Kier alpha value is -2.77. The summed E-state index contributed by atoms with van der Waals surface area (Å²) in [5.41, 5.74) is 4.53. The van der Waals surface area contributed by atoms with Crippen LogP contribution >= 0.6 is 23.4 Å². The van der Waals surface area contributed by atoms with Crippen molar-refractivity contribution in [2.24, 2.45) is 0 Å². The summed E-state index contributed by atoms with van der Waals surface area (Å²) in [5.74, 6) is 0.980. The van der Waals surface area contributed by atoms with Gasteiger partial charge in [-0.15, -0.1) is 5.10 Å². The van der Waals surface area contributed by atoms with Gasteiger partial charge in [-0.25, -0.2) is 9.48 Å². The molecule has 1 aliphatic heterocycles. The number of halogens is 1. The Morgan fingerprint density at radius 1 is 1.23 bits per heavy atom. The molecule has 2 aromatic carbocycles. The fourth-order valence-electron chi connectivity index (χ4n) is 3.57. The number of thioether (sulfide) groups is 1. The van der Waals surface area contributed by atoms with E-state index in [0.717, 1.165) is 11.3 Å². The largest absolute Gasteiger partial charge is 0.463 e. The van der Waals surface area contributed by atoms with Crippen LogP contribution in [0.15, 0.2) is 65.0 Å². The molecule has 4 rings (SSSR count). The van der Waals surface area contributed by atoms with Gasteiger partial charge in [-0.3, -0.25) is 0 Å². The quantitative estimate of drug-likeness (QED) is 0.398. The Morgan fingerprint density at radius 2 is 2.00 bits per heavy atom. The average Bonchev–Trinajstić information content (AvgIpc) is 3.14. The second-order valence-electron chi connectivity index (χ2n) is 7.28. The lowest BCUT2D eigenvalue weighted by molar-refractivity contribution is -0.139. The van der Waals surface area contributed by atoms with Gasteiger partial charge in [0.25, 0.3) is 0 Å². The van der Waals surface area contributed by atoms with Crippen molar-refractivity contribution in [3.63, 3.8) is 0 Å². The third-order valence-corrected chi connectivity index (χ3v) is 6.13. The summed E-state index contributed by atoms with van der Waals surface area (Å²) in [5, 5.41) is 9.21. The fourth-order valence-corrected chi connectivity index (χ4v) is 4.47. The number of rotatable bonds is 6. The van der Waals surface area contributed by atoms with Crippen LogP contribution < -0.4 is 5.32 Å². The van der Waals surface area contributed by atoms with E-state index in [1.54, 1.807) is 35.5 Å². The molecule has 0 fully saturated rings. The van der Waals surface area contributed by atoms with Gasteiger partial charge in [-0.2, -0.15) is 4.98 Å². The van der Waals surface area contributed by atoms with Crippen LogP contribution in [0.5, 0.6) is 0 Å². The van der Waals surface area contributed by atoms with Crippen LogP contribution in [0.25, 0.3) is 0 Å². The number of fused-ring (bicyclic) bond motifs is 1. The zero-order valence-electron chi connectivity index (χ0n) is 17.6. The average molecular weight is 455 g/mol. The number of hydrogen-bond acceptors (Lipinski definition) is 6. The first-order valence-corrected chi connectivity index (χ1v) is 11.4. The molecule has 31 heavy (non-hydrogen) atoms. The standard InChI is InChI=1S/C23H23ClN4O2S/c1-4-30-21(29)19-15(3)25-22-26-23(31-13-16-7-5-6-14(2)12-16)27-28(22)20(19)17-8-10-18(24)11-9-17/h5-12,20H,4,13H2,1-3H3,(H,25,26,27)/t20-/m0/s1. The molecule has 0 aliphatic carbocycles. The first kappa shape index (κ1) is 21.5. The van der Waals surface area contributed by atoms with Crippen molar-refractivity contribution in [2.75, 3.05) is 11.9 Å². The van der Waals surface area contributed by atoms with E-state index >= 15 is 0 Å². The van der Waals surface area contributed by atoms with E-state index in [-0.39, 0.29) is 5.97 Å². The lowest BCUT2D eigenvalue weighted by Crippen LogP contribution is -2.29. The van der Waals surface area contributed by atoms with Crippen molar-refractivity contribution in [3.8, 4) is 0 Å². The monoisotopic (exact) mass is 454 g/mol. The molecule has 0 amide bonds. The molecule has 0 radical (unpaired) electrons. The third kappa shape index (κ3) is 4.62. The number of aryl methyl sites for hydroxylation is 1. The number of benzene rings is 2. The van der Waals surface area contributed by atoms with E-state index in [0.29, 0.717) is 34.0 Å². The van der Waals surface area contributed by atoms with Crippen molar-refractivity contribution >= 4 is 35.3 Å². The summed E-state index contributed by atoms with van der Waals surface area (Å²) in [6.07, 6.45) is 0. The smallest absolute Gasteiger partial charge is 0.338 e. The minimum absolute atomic E-state index is 0.296. The molecular weight excluding hydrogens is 432 g/mol. The van der Waals surface area contributed by atoms with E-state index in [9.17, 15) is 4.79 Å². The first-order chi connectivity index (χ1) is 15.0. The van der Waals surface area contributed by atoms with Crippen LogP contribution in [0.3, 0.4) is 0 Å². The Morgan fingerprint density at radius 3 is 2.71 bits per heavy atom. The van der Waals surface area contributed by atoms with E-state index < -0.39 is 6.04 Å². The molecule has 0 spiro atoms. The summed E-state index contributed by atoms with van der Waals surface area (Å²) < 4.78 is 7.09. The molecule has 1 N–H and O–H groups in total. The van der Waals surface area contributed by atoms with Gasteiger partial charge in [0, 0.05) is 16.5 Å². The van der Waals surface area contributed by atoms with Gasteiger partial charge in [-0.05, 0) is 44.0 Å². The SMILES string of the molecule is CCOC(=O)C1=C(C)Nc2nc(SCc3cccc(C)c3)nn2[C@H]1c1ccc(Cl)cc1. The van der Waals surface area contributed by atoms with Gasteiger partial charge in [0.05, 0.1) is 12.2 Å². The van der Waals surface area contributed by atoms with Crippen LogP contribution in [-0.2, 0) is 15.3 Å². The molecule has 0 saturated heterocycles. The van der Waals surface area contributed by atoms with Crippen molar-refractivity contribution in [1.29, 1.82) is 0 Å². The van der Waals surface area contributed by atoms with Gasteiger partial charge in [0.1, 0.15) is 6.04 Å². The Kier molecular flexibility index (Phi) is 6.34. The van der Waals surface area contributed by atoms with Crippen molar-refractivity contribution in [1.82, 2.24) is 14.8 Å². The highest BCUT2D eigenvalue weighted by atomic mass is 35.5. The second-order valence-corrected chi connectivity index (χ2v) is 8.66. The number of carbonyl (C=O) groups excluding carboxylic acids is 1. The number of carbonyl (C=O) groups is 1. The van der Waals surface area contributed by atoms with Crippen LogP contribution in [0, 0.1) is 6.92 Å². The van der Waals surface area contributed by atoms with Crippen molar-refractivity contribution in [2.45, 2.75) is 37.7 Å². The number of aromatic nitrogens is 3. The molecule has 3 aromatic rings. The number of nitrogens with one attached hydrogen (secondary N) is 1. The highest BCUT2D eigenvalue weighted by Crippen LogP contribution is 2.37. The normalized spacial score (nSPS) is 15.4. The Labute approximate surface area is 190 Å². The maximum absolute atomic E-state index is 12.8. The van der Waals surface area contributed by atoms with E-state index in [1.165, 1.54) is 11.1 Å². The lowest BCUT2D eigenvalue weighted by Gasteiger charge is -2.28. The van der Waals surface area contributed by atoms with Crippen LogP contribution in [0.1, 0.15) is 36.6 Å². The van der Waals surface area contributed by atoms with Gasteiger partial charge in [0.2, 0.25) is 11.1 Å². The van der Waals surface area contributed by atoms with Crippen molar-refractivity contribution < 1.29 is 9.53 Å². The summed E-state index contributed by atoms with van der Waals surface area (Å²) in [4.78, 5) is 17.5. The third-order valence-electron chi connectivity index (χ3n) is 4.96. The van der Waals surface area contributed by atoms with E-state index in [1.807, 2.05) is 25.1 Å². The molecule has 6 nitrogen and oxygen atoms in total. The zero-order chi connectivity index (χ0) is 22.0. The second kappa shape index (κ2) is 9.16. The van der Waals surface area contributed by atoms with Crippen LogP contribution in [-0.4, -0.2) is 27.3 Å². The molecule has 1 atom stereocenters. The summed E-state index contributed by atoms with van der Waals surface area (Å²) in [6.45, 7) is 6.02. The lowest BCUT2D eigenvalue weighted by atomic mass is 9.96. The van der Waals surface area contributed by atoms with Gasteiger partial charge in [-0.1, -0.05) is 65.3 Å². The van der Waals surface area contributed by atoms with E-state index in [2.05, 4.69) is 35.4 Å². The number of anilines is 1. The molecule has 0 unspecified atom stereocenters. The summed E-state index contributed by atoms with van der Waals surface area (Å²) in [7, 11) is 0. The Balaban J connectivity index is 1.68. The molecule has 1 aromatic heterocycles. The van der Waals surface area contributed by atoms with Gasteiger partial charge in [0.15, 0.2) is 0 Å². The minimum Gasteiger partial charge on any atom is -0.463 e. The number of allylic oxidation sites excluding steroid dienone is 1. The maximum Gasteiger partial charge on any atom is 0.338 e. The topological polar surface area (TPSA) is 69.0 Å². The summed E-state index contributed by atoms with van der Waals surface area (Å²) in [6, 6.07) is 15.3. The number of esters is 1. The predicted molar refractivity (Wildman–Crippen MR) is 123 cm³/mol. The highest BCUT2D eigenvalue weighted by Gasteiger charge is 2.35. The maximum atomic E-state index is 12.8. The molecule has 2 heterocycles. The number of ether oxygens (including phenoxy) is 1. The van der Waals surface area contributed by atoms with Crippen LogP contribution in [0.2, 0.25) is 5.02 Å². The molecular formula is C23H23ClN4O2S. The first-order valence-electron chi connectivity index (χ1n) is 10.0. The van der Waals surface area contributed by atoms with E-state index in [4.69, 9.17) is 21.4 Å². The number of nitrogens with zero attached hydrogens (tertiary/aromatic N) is 3. The zero-order valence-corrected chi connectivity index (χ0v) is 19.1. The molecule has 8 heteroatoms. The fraction of sp³-hybridized carbons (Fsp3) is 0.261. The number of hydrogen-bond donors (Lipinski definition) is 1. The summed E-state index contributed by atoms with van der Waals surface area (Å²) >= 11 is 7.65. The minimum atomic E-state index is -0.451. The highest BCUT2D eigenvalue weighted by molar-refractivity contribution is 7.98. The molecule has 0 saturated carbocycles. The van der Waals surface area contributed by atoms with Gasteiger partial charge < -0.3 is 10.1 Å². The Bertz CT molecular complexity index is 1140.